The molecule has 0 aliphatic rings. The smallest absolute Gasteiger partial charge is 0.421 e. The quantitative estimate of drug-likeness (QED) is 0.439. The molecule has 0 aliphatic carbocycles. The van der Waals surface area contributed by atoms with E-state index in [4.69, 9.17) is 0 Å². The molecule has 0 aliphatic heterocycles. The summed E-state index contributed by atoms with van der Waals surface area (Å²) in [7, 11) is -13.4. The van der Waals surface area contributed by atoms with Crippen LogP contribution in [0.15, 0.2) is 0 Å². The summed E-state index contributed by atoms with van der Waals surface area (Å²) < 4.78 is 109. The molecule has 7 nitrogen and oxygen atoms in total. The number of hydrogen-bond acceptors (Lipinski definition) is 5. The second-order valence-electron chi connectivity index (χ2n) is 2.53. The van der Waals surface area contributed by atoms with Crippen molar-refractivity contribution in [1.29, 1.82) is 0 Å². The molecule has 1 amide bonds. The zero-order chi connectivity index (χ0) is 16.3. The molecule has 0 radical (unpaired) electrons. The van der Waals surface area contributed by atoms with Crippen molar-refractivity contribution in [3.63, 3.8) is 0 Å². The molecular weight excluding hydrogens is 341 g/mol. The van der Waals surface area contributed by atoms with Gasteiger partial charge in [0.1, 0.15) is 0 Å². The molecule has 0 spiro atoms. The van der Waals surface area contributed by atoms with E-state index in [2.05, 4.69) is 5.73 Å². The van der Waals surface area contributed by atoms with E-state index < -0.39 is 31.1 Å². The van der Waals surface area contributed by atoms with Crippen LogP contribution in [0.4, 0.5) is 26.3 Å². The van der Waals surface area contributed by atoms with Crippen molar-refractivity contribution >= 4 is 26.0 Å². The Labute approximate surface area is 121 Å². The van der Waals surface area contributed by atoms with Crippen molar-refractivity contribution in [2.24, 2.45) is 5.73 Å². The topological polar surface area (TPSA) is 125 Å². The number of halogens is 6. The number of alkyl halides is 6. The number of rotatable bonds is 2. The van der Waals surface area contributed by atoms with Crippen LogP contribution in [0.1, 0.15) is 6.92 Å². The van der Waals surface area contributed by atoms with Crippen LogP contribution in [-0.2, 0) is 24.8 Å². The average molecular weight is 346 g/mol. The Kier molecular flexibility index (Phi) is 9.19. The Hall–Kier alpha value is -0.493. The van der Waals surface area contributed by atoms with Crippen LogP contribution >= 0.6 is 0 Å². The molecule has 20 heavy (non-hydrogen) atoms. The largest absolute Gasteiger partial charge is 1.00 e. The minimum absolute atomic E-state index is 0. The number of primary amides is 1. The molecule has 0 aromatic heterocycles. The molecule has 0 rings (SSSR count). The molecule has 16 heteroatoms. The van der Waals surface area contributed by atoms with Crippen LogP contribution in [0, 0.1) is 0 Å². The van der Waals surface area contributed by atoms with E-state index in [9.17, 15) is 48.0 Å². The van der Waals surface area contributed by atoms with E-state index in [0.717, 1.165) is 4.13 Å². The fourth-order valence-corrected chi connectivity index (χ4v) is 1.92. The molecule has 0 atom stereocenters. The van der Waals surface area contributed by atoms with Crippen molar-refractivity contribution in [2.75, 3.05) is 0 Å². The van der Waals surface area contributed by atoms with Gasteiger partial charge in [-0.05, 0) is 0 Å². The van der Waals surface area contributed by atoms with Crippen molar-refractivity contribution in [2.45, 2.75) is 17.9 Å². The van der Waals surface area contributed by atoms with Crippen molar-refractivity contribution < 1.29 is 66.8 Å². The Bertz CT molecular complexity index is 477. The molecule has 0 bridgehead atoms. The van der Waals surface area contributed by atoms with Gasteiger partial charge in [0.05, 0.1) is 0 Å². The molecule has 0 saturated heterocycles. The predicted octanol–water partition coefficient (Wildman–Crippen LogP) is -2.45. The third-order valence-electron chi connectivity index (χ3n) is 0.781. The number of carbonyl (C=O) groups is 1. The maximum Gasteiger partial charge on any atom is 1.00 e. The summed E-state index contributed by atoms with van der Waals surface area (Å²) >= 11 is 0. The maximum atomic E-state index is 11.4. The molecule has 116 valence electrons. The molecule has 0 aromatic rings. The Morgan fingerprint density at radius 1 is 0.900 bits per heavy atom. The average Bonchev–Trinajstić information content (AvgIpc) is 1.94. The number of nitrogens with zero attached hydrogens (tertiary/aromatic N) is 1. The van der Waals surface area contributed by atoms with E-state index in [1.165, 1.54) is 6.92 Å². The number of amides is 1. The summed E-state index contributed by atoms with van der Waals surface area (Å²) in [5.74, 6) is -0.333. The maximum absolute atomic E-state index is 11.4. The summed E-state index contributed by atoms with van der Waals surface area (Å²) in [6.07, 6.45) is 0. The Morgan fingerprint density at radius 2 is 1.05 bits per heavy atom. The summed E-state index contributed by atoms with van der Waals surface area (Å²) in [6, 6.07) is 0. The minimum Gasteiger partial charge on any atom is -0.421 e. The molecule has 0 fully saturated rings. The van der Waals surface area contributed by atoms with E-state index in [0.29, 0.717) is 0 Å². The Morgan fingerprint density at radius 3 is 1.15 bits per heavy atom. The van der Waals surface area contributed by atoms with Crippen molar-refractivity contribution in [3.05, 3.63) is 4.13 Å². The molecular formula is C4H5F6LiN2O5S2. The van der Waals surface area contributed by atoms with Gasteiger partial charge in [0, 0.05) is 6.92 Å². The number of carbonyl (C=O) groups excluding carboxylic acids is 1. The molecule has 2 N–H and O–H groups in total. The van der Waals surface area contributed by atoms with E-state index >= 15 is 0 Å². The molecule has 0 saturated carbocycles. The van der Waals surface area contributed by atoms with Crippen LogP contribution < -0.4 is 24.6 Å². The first-order valence-corrected chi connectivity index (χ1v) is 6.45. The summed E-state index contributed by atoms with van der Waals surface area (Å²) in [6.45, 7) is 1.31. The van der Waals surface area contributed by atoms with Gasteiger partial charge in [-0.1, -0.05) is 0 Å². The van der Waals surface area contributed by atoms with E-state index in [1.54, 1.807) is 0 Å². The zero-order valence-electron chi connectivity index (χ0n) is 9.65. The molecule has 0 heterocycles. The van der Waals surface area contributed by atoms with Crippen LogP contribution in [0.3, 0.4) is 0 Å². The second kappa shape index (κ2) is 7.50. The van der Waals surface area contributed by atoms with Crippen LogP contribution in [-0.4, -0.2) is 33.8 Å². The number of sulfonamides is 2. The minimum atomic E-state index is -6.72. The first kappa shape index (κ1) is 24.5. The second-order valence-corrected chi connectivity index (χ2v) is 5.95. The standard InChI is InChI=1S/C2F6NO4S2.C2H5NO.Li/c3-1(4,5)14(10,11)9-15(12,13)2(6,7)8;1-2(3)4;/h;1H3,(H2,3,4);/q-1;;+1. The van der Waals surface area contributed by atoms with Gasteiger partial charge in [-0.3, -0.25) is 4.79 Å². The summed E-state index contributed by atoms with van der Waals surface area (Å²) in [5, 5.41) is 0. The van der Waals surface area contributed by atoms with Gasteiger partial charge in [0.25, 0.3) is 0 Å². The fourth-order valence-electron chi connectivity index (χ4n) is 0.214. The van der Waals surface area contributed by atoms with Gasteiger partial charge < -0.3 is 9.86 Å². The van der Waals surface area contributed by atoms with E-state index in [-0.39, 0.29) is 24.8 Å². The van der Waals surface area contributed by atoms with Gasteiger partial charge in [-0.15, -0.1) is 0 Å². The fraction of sp³-hybridized carbons (Fsp3) is 0.750. The van der Waals surface area contributed by atoms with Crippen LogP contribution in [0.25, 0.3) is 4.13 Å². The van der Waals surface area contributed by atoms with Crippen molar-refractivity contribution in [1.82, 2.24) is 0 Å². The summed E-state index contributed by atoms with van der Waals surface area (Å²) in [4.78, 5) is 9.22. The SMILES string of the molecule is CC(N)=O.O=S(=O)([N-]S(=O)(=O)C(F)(F)F)C(F)(F)F.[Li+]. The number of nitrogens with two attached hydrogens (primary N) is 1. The van der Waals surface area contributed by atoms with Crippen molar-refractivity contribution in [3.8, 4) is 0 Å². The number of hydrogen-bond donors (Lipinski definition) is 1. The van der Waals surface area contributed by atoms with Gasteiger partial charge in [0.15, 0.2) is 20.0 Å². The monoisotopic (exact) mass is 346 g/mol. The van der Waals surface area contributed by atoms with Crippen LogP contribution in [0.5, 0.6) is 0 Å². The first-order valence-electron chi connectivity index (χ1n) is 3.57. The third-order valence-corrected chi connectivity index (χ3v) is 3.52. The van der Waals surface area contributed by atoms with E-state index in [1.807, 2.05) is 0 Å². The first-order chi connectivity index (χ1) is 7.94. The van der Waals surface area contributed by atoms with Gasteiger partial charge in [0.2, 0.25) is 5.91 Å². The van der Waals surface area contributed by atoms with Gasteiger partial charge in [-0.2, -0.15) is 26.3 Å². The third kappa shape index (κ3) is 8.63. The Balaban J connectivity index is -0.000000508. The normalized spacial score (nSPS) is 12.8. The van der Waals surface area contributed by atoms with Gasteiger partial charge in [-0.25, -0.2) is 16.8 Å². The molecule has 0 aromatic carbocycles. The molecule has 0 unspecified atom stereocenters. The zero-order valence-corrected chi connectivity index (χ0v) is 11.3. The predicted molar refractivity (Wildman–Crippen MR) is 48.2 cm³/mol. The van der Waals surface area contributed by atoms with Crippen LogP contribution in [0.2, 0.25) is 0 Å². The van der Waals surface area contributed by atoms with Gasteiger partial charge >= 0.3 is 29.9 Å². The summed E-state index contributed by atoms with van der Waals surface area (Å²) in [5.41, 5.74) is -7.93.